The second-order valence-electron chi connectivity index (χ2n) is 6.56. The van der Waals surface area contributed by atoms with Crippen LogP contribution in [0, 0.1) is 11.3 Å². The molecule has 1 saturated carbocycles. The Morgan fingerprint density at radius 3 is 2.61 bits per heavy atom. The van der Waals surface area contributed by atoms with Gasteiger partial charge in [-0.15, -0.1) is 0 Å². The molecule has 18 heavy (non-hydrogen) atoms. The lowest BCUT2D eigenvalue weighted by molar-refractivity contribution is -0.122. The number of rotatable bonds is 0. The minimum atomic E-state index is 0.225. The summed E-state index contributed by atoms with van der Waals surface area (Å²) in [6.45, 7) is 6.77. The van der Waals surface area contributed by atoms with Gasteiger partial charge >= 0.3 is 0 Å². The highest BCUT2D eigenvalue weighted by molar-refractivity contribution is 5.84. The van der Waals surface area contributed by atoms with E-state index >= 15 is 0 Å². The van der Waals surface area contributed by atoms with Gasteiger partial charge in [0.15, 0.2) is 0 Å². The number of allylic oxidation sites excluding steroid dienone is 4. The van der Waals surface area contributed by atoms with E-state index in [9.17, 15) is 4.79 Å². The van der Waals surface area contributed by atoms with E-state index in [1.54, 1.807) is 0 Å². The molecule has 0 radical (unpaired) electrons. The van der Waals surface area contributed by atoms with Crippen molar-refractivity contribution in [3.8, 4) is 0 Å². The predicted octanol–water partition coefficient (Wildman–Crippen LogP) is 4.83. The summed E-state index contributed by atoms with van der Waals surface area (Å²) in [7, 11) is 0. The molecule has 0 saturated heterocycles. The number of Topliss-reactive ketones (excluding diaryl/α,β-unsaturated/α-hetero) is 1. The lowest BCUT2D eigenvalue weighted by atomic mass is 9.74. The van der Waals surface area contributed by atoms with Crippen LogP contribution in [0.15, 0.2) is 23.3 Å². The van der Waals surface area contributed by atoms with Crippen LogP contribution < -0.4 is 0 Å². The topological polar surface area (TPSA) is 17.1 Å². The molecule has 0 N–H and O–H groups in total. The third kappa shape index (κ3) is 2.93. The van der Waals surface area contributed by atoms with Gasteiger partial charge in [-0.25, -0.2) is 0 Å². The van der Waals surface area contributed by atoms with Crippen molar-refractivity contribution in [1.82, 2.24) is 0 Å². The van der Waals surface area contributed by atoms with E-state index in [1.807, 2.05) is 0 Å². The summed E-state index contributed by atoms with van der Waals surface area (Å²) in [5.74, 6) is 0.804. The van der Waals surface area contributed by atoms with Crippen molar-refractivity contribution in [2.24, 2.45) is 11.3 Å². The van der Waals surface area contributed by atoms with E-state index in [2.05, 4.69) is 32.9 Å². The van der Waals surface area contributed by atoms with E-state index in [-0.39, 0.29) is 5.41 Å². The summed E-state index contributed by atoms with van der Waals surface area (Å²) in [6.07, 6.45) is 12.2. The van der Waals surface area contributed by atoms with Crippen LogP contribution in [0.2, 0.25) is 0 Å². The fourth-order valence-corrected chi connectivity index (χ4v) is 3.43. The average molecular weight is 246 g/mol. The summed E-state index contributed by atoms with van der Waals surface area (Å²) in [4.78, 5) is 12.1. The van der Waals surface area contributed by atoms with Crippen molar-refractivity contribution in [1.29, 1.82) is 0 Å². The molecule has 2 aliphatic rings. The van der Waals surface area contributed by atoms with Crippen molar-refractivity contribution in [2.75, 3.05) is 0 Å². The molecule has 0 aromatic heterocycles. The van der Waals surface area contributed by atoms with E-state index in [4.69, 9.17) is 0 Å². The van der Waals surface area contributed by atoms with Crippen molar-refractivity contribution in [3.05, 3.63) is 23.3 Å². The van der Waals surface area contributed by atoms with Crippen LogP contribution in [0.25, 0.3) is 0 Å². The Morgan fingerprint density at radius 1 is 1.11 bits per heavy atom. The fourth-order valence-electron chi connectivity index (χ4n) is 3.43. The third-order valence-electron chi connectivity index (χ3n) is 4.95. The number of hydrogen-bond donors (Lipinski definition) is 0. The number of hydrogen-bond acceptors (Lipinski definition) is 1. The maximum atomic E-state index is 12.1. The summed E-state index contributed by atoms with van der Waals surface area (Å²) in [5.41, 5.74) is 3.18. The molecule has 0 aliphatic heterocycles. The monoisotopic (exact) mass is 246 g/mol. The number of ketones is 1. The van der Waals surface area contributed by atoms with Gasteiger partial charge in [0.05, 0.1) is 0 Å². The molecule has 2 rings (SSSR count). The van der Waals surface area contributed by atoms with Gasteiger partial charge in [0, 0.05) is 12.3 Å². The van der Waals surface area contributed by atoms with Crippen LogP contribution in [0.1, 0.15) is 65.7 Å². The molecule has 0 unspecified atom stereocenters. The van der Waals surface area contributed by atoms with E-state index < -0.39 is 0 Å². The molecule has 0 amide bonds. The lowest BCUT2D eigenvalue weighted by Gasteiger charge is -2.29. The second kappa shape index (κ2) is 5.42. The SMILES string of the molecule is C/C1=C/C[C@]2(C)CCC(=O)[C@H]2CC/C(C)=C\CC1. The lowest BCUT2D eigenvalue weighted by Crippen LogP contribution is -2.25. The zero-order valence-corrected chi connectivity index (χ0v) is 12.1. The summed E-state index contributed by atoms with van der Waals surface area (Å²) in [6, 6.07) is 0. The molecular weight excluding hydrogens is 220 g/mol. The molecule has 1 heteroatoms. The maximum Gasteiger partial charge on any atom is 0.136 e. The van der Waals surface area contributed by atoms with Gasteiger partial charge in [-0.05, 0) is 57.8 Å². The Hall–Kier alpha value is -0.850. The maximum absolute atomic E-state index is 12.1. The van der Waals surface area contributed by atoms with Gasteiger partial charge < -0.3 is 0 Å². The first kappa shape index (κ1) is 13.6. The minimum absolute atomic E-state index is 0.225. The first-order chi connectivity index (χ1) is 8.51. The van der Waals surface area contributed by atoms with Gasteiger partial charge in [0.25, 0.3) is 0 Å². The van der Waals surface area contributed by atoms with Crippen molar-refractivity contribution < 1.29 is 4.79 Å². The van der Waals surface area contributed by atoms with Gasteiger partial charge in [0.2, 0.25) is 0 Å². The first-order valence-corrected chi connectivity index (χ1v) is 7.35. The Kier molecular flexibility index (Phi) is 4.09. The largest absolute Gasteiger partial charge is 0.299 e. The van der Waals surface area contributed by atoms with Gasteiger partial charge in [-0.1, -0.05) is 30.2 Å². The van der Waals surface area contributed by atoms with E-state index in [0.717, 1.165) is 38.5 Å². The molecule has 0 heterocycles. The van der Waals surface area contributed by atoms with Crippen LogP contribution in [0.5, 0.6) is 0 Å². The third-order valence-corrected chi connectivity index (χ3v) is 4.95. The Morgan fingerprint density at radius 2 is 1.83 bits per heavy atom. The second-order valence-corrected chi connectivity index (χ2v) is 6.56. The highest BCUT2D eigenvalue weighted by Gasteiger charge is 2.43. The van der Waals surface area contributed by atoms with Crippen LogP contribution in [0.4, 0.5) is 0 Å². The van der Waals surface area contributed by atoms with Crippen molar-refractivity contribution in [2.45, 2.75) is 65.7 Å². The Labute approximate surface area is 111 Å². The van der Waals surface area contributed by atoms with Crippen molar-refractivity contribution >= 4 is 5.78 Å². The molecule has 2 aliphatic carbocycles. The molecule has 100 valence electrons. The zero-order chi connectivity index (χ0) is 13.2. The summed E-state index contributed by atoms with van der Waals surface area (Å²) >= 11 is 0. The first-order valence-electron chi connectivity index (χ1n) is 7.35. The number of carbonyl (C=O) groups is 1. The molecule has 0 aromatic rings. The smallest absolute Gasteiger partial charge is 0.136 e. The quantitative estimate of drug-likeness (QED) is 0.560. The Balaban J connectivity index is 2.22. The molecular formula is C17H26O. The van der Waals surface area contributed by atoms with Crippen LogP contribution in [0.3, 0.4) is 0 Å². The van der Waals surface area contributed by atoms with Crippen molar-refractivity contribution in [3.63, 3.8) is 0 Å². The van der Waals surface area contributed by atoms with Crippen LogP contribution in [-0.4, -0.2) is 5.78 Å². The minimum Gasteiger partial charge on any atom is -0.299 e. The normalized spacial score (nSPS) is 40.2. The number of carbonyl (C=O) groups excluding carboxylic acids is 1. The van der Waals surface area contributed by atoms with Crippen LogP contribution >= 0.6 is 0 Å². The number of fused-ring (bicyclic) bond motifs is 1. The molecule has 0 bridgehead atoms. The summed E-state index contributed by atoms with van der Waals surface area (Å²) in [5, 5.41) is 0. The molecule has 0 spiro atoms. The molecule has 1 nitrogen and oxygen atoms in total. The van der Waals surface area contributed by atoms with Crippen LogP contribution in [-0.2, 0) is 4.79 Å². The summed E-state index contributed by atoms with van der Waals surface area (Å²) < 4.78 is 0. The average Bonchev–Trinajstić information content (AvgIpc) is 2.59. The highest BCUT2D eigenvalue weighted by Crippen LogP contribution is 2.46. The predicted molar refractivity (Wildman–Crippen MR) is 76.4 cm³/mol. The van der Waals surface area contributed by atoms with Gasteiger partial charge in [-0.2, -0.15) is 0 Å². The fraction of sp³-hybridized carbons (Fsp3) is 0.706. The molecule has 0 aromatic carbocycles. The Bertz CT molecular complexity index is 388. The molecule has 1 fully saturated rings. The zero-order valence-electron chi connectivity index (χ0n) is 12.1. The van der Waals surface area contributed by atoms with Gasteiger partial charge in [-0.3, -0.25) is 4.79 Å². The van der Waals surface area contributed by atoms with Gasteiger partial charge in [0.1, 0.15) is 5.78 Å². The highest BCUT2D eigenvalue weighted by atomic mass is 16.1. The van der Waals surface area contributed by atoms with E-state index in [1.165, 1.54) is 17.6 Å². The molecule has 2 atom stereocenters. The van der Waals surface area contributed by atoms with E-state index in [0.29, 0.717) is 11.7 Å². The standard InChI is InChI=1S/C17H26O/c1-13-5-4-6-14(2)9-11-17(3)12-10-16(18)15(17)8-7-13/h5,9,15H,4,6-8,10-12H2,1-3H3/b13-5-,14-9-/t15-,17-/m1/s1.